The van der Waals surface area contributed by atoms with Crippen molar-refractivity contribution in [1.29, 1.82) is 0 Å². The summed E-state index contributed by atoms with van der Waals surface area (Å²) in [6.45, 7) is 2.75. The quantitative estimate of drug-likeness (QED) is 0.823. The lowest BCUT2D eigenvalue weighted by atomic mass is 10.2. The zero-order valence-corrected chi connectivity index (χ0v) is 13.7. The van der Waals surface area contributed by atoms with Gasteiger partial charge in [-0.3, -0.25) is 4.79 Å². The number of carbonyl (C=O) groups is 2. The number of carbonyl (C=O) groups excluding carboxylic acids is 2. The second kappa shape index (κ2) is 7.82. The van der Waals surface area contributed by atoms with Crippen molar-refractivity contribution >= 4 is 17.6 Å². The van der Waals surface area contributed by atoms with Crippen molar-refractivity contribution in [3.8, 4) is 5.75 Å². The molecule has 0 aromatic heterocycles. The predicted octanol–water partition coefficient (Wildman–Crippen LogP) is 1.13. The van der Waals surface area contributed by atoms with Crippen molar-refractivity contribution in [3.05, 3.63) is 24.3 Å². The van der Waals surface area contributed by atoms with Crippen LogP contribution in [0, 0.1) is 0 Å². The van der Waals surface area contributed by atoms with Gasteiger partial charge in [-0.2, -0.15) is 0 Å². The van der Waals surface area contributed by atoms with Crippen LogP contribution < -0.4 is 20.3 Å². The van der Waals surface area contributed by atoms with Crippen molar-refractivity contribution < 1.29 is 19.1 Å². The Labute approximate surface area is 135 Å². The third-order valence-corrected chi connectivity index (χ3v) is 3.64. The summed E-state index contributed by atoms with van der Waals surface area (Å²) in [5, 5.41) is 5.60. The van der Waals surface area contributed by atoms with Crippen LogP contribution in [0.2, 0.25) is 0 Å². The van der Waals surface area contributed by atoms with Gasteiger partial charge in [-0.1, -0.05) is 0 Å². The highest BCUT2D eigenvalue weighted by molar-refractivity contribution is 5.96. The highest BCUT2D eigenvalue weighted by atomic mass is 16.5. The number of ether oxygens (including phenoxy) is 2. The molecule has 1 aromatic rings. The van der Waals surface area contributed by atoms with Crippen LogP contribution in [0.3, 0.4) is 0 Å². The molecule has 1 aliphatic rings. The van der Waals surface area contributed by atoms with Gasteiger partial charge in [0.05, 0.1) is 25.8 Å². The number of amides is 3. The van der Waals surface area contributed by atoms with E-state index in [1.807, 2.05) is 31.2 Å². The summed E-state index contributed by atoms with van der Waals surface area (Å²) in [4.78, 5) is 25.7. The van der Waals surface area contributed by atoms with E-state index in [9.17, 15) is 9.59 Å². The minimum atomic E-state index is -0.288. The van der Waals surface area contributed by atoms with Gasteiger partial charge in [0.2, 0.25) is 5.91 Å². The first-order valence-electron chi connectivity index (χ1n) is 7.54. The Morgan fingerprint density at radius 3 is 2.65 bits per heavy atom. The Hall–Kier alpha value is -2.28. The average Bonchev–Trinajstić information content (AvgIpc) is 2.87. The molecule has 0 bridgehead atoms. The van der Waals surface area contributed by atoms with Gasteiger partial charge in [0, 0.05) is 25.8 Å². The molecule has 1 saturated heterocycles. The highest BCUT2D eigenvalue weighted by Crippen LogP contribution is 2.24. The van der Waals surface area contributed by atoms with Crippen LogP contribution in [0.1, 0.15) is 13.3 Å². The molecule has 2 rings (SSSR count). The number of nitrogens with one attached hydrogen (secondary N) is 2. The zero-order valence-electron chi connectivity index (χ0n) is 13.7. The van der Waals surface area contributed by atoms with Gasteiger partial charge in [-0.15, -0.1) is 0 Å². The van der Waals surface area contributed by atoms with Crippen molar-refractivity contribution in [1.82, 2.24) is 10.6 Å². The van der Waals surface area contributed by atoms with Crippen LogP contribution in [0.5, 0.6) is 5.75 Å². The van der Waals surface area contributed by atoms with Gasteiger partial charge in [0.1, 0.15) is 5.75 Å². The second-order valence-electron chi connectivity index (χ2n) is 5.58. The van der Waals surface area contributed by atoms with Crippen LogP contribution in [0.15, 0.2) is 24.3 Å². The van der Waals surface area contributed by atoms with Crippen molar-refractivity contribution in [2.24, 2.45) is 0 Å². The van der Waals surface area contributed by atoms with Crippen LogP contribution in [-0.4, -0.2) is 51.4 Å². The van der Waals surface area contributed by atoms with Gasteiger partial charge < -0.3 is 25.0 Å². The van der Waals surface area contributed by atoms with Gasteiger partial charge in [-0.25, -0.2) is 4.79 Å². The molecule has 1 aromatic carbocycles. The molecule has 0 saturated carbocycles. The number of benzene rings is 1. The fourth-order valence-electron chi connectivity index (χ4n) is 2.56. The van der Waals surface area contributed by atoms with Gasteiger partial charge in [-0.05, 0) is 31.2 Å². The molecule has 7 heteroatoms. The molecule has 126 valence electrons. The summed E-state index contributed by atoms with van der Waals surface area (Å²) in [5.41, 5.74) is 0.799. The summed E-state index contributed by atoms with van der Waals surface area (Å²) < 4.78 is 10.1. The van der Waals surface area contributed by atoms with E-state index < -0.39 is 0 Å². The number of anilines is 1. The number of urea groups is 1. The van der Waals surface area contributed by atoms with Crippen molar-refractivity contribution in [2.75, 3.05) is 32.3 Å². The number of rotatable bonds is 6. The fraction of sp³-hybridized carbons (Fsp3) is 0.500. The van der Waals surface area contributed by atoms with Gasteiger partial charge in [0.15, 0.2) is 0 Å². The number of hydrogen-bond donors (Lipinski definition) is 2. The van der Waals surface area contributed by atoms with Crippen molar-refractivity contribution in [3.63, 3.8) is 0 Å². The molecular formula is C16H23N3O4. The van der Waals surface area contributed by atoms with E-state index in [1.54, 1.807) is 19.1 Å². The van der Waals surface area contributed by atoms with Crippen LogP contribution in [0.4, 0.5) is 10.5 Å². The lowest BCUT2D eigenvalue weighted by Gasteiger charge is -2.19. The molecule has 0 aliphatic carbocycles. The van der Waals surface area contributed by atoms with E-state index in [4.69, 9.17) is 9.47 Å². The normalized spacial score (nSPS) is 18.7. The topological polar surface area (TPSA) is 79.9 Å². The maximum Gasteiger partial charge on any atom is 0.315 e. The Balaban J connectivity index is 1.90. The molecule has 23 heavy (non-hydrogen) atoms. The number of methoxy groups -OCH3 is 2. The Bertz CT molecular complexity index is 547. The lowest BCUT2D eigenvalue weighted by Crippen LogP contribution is -2.47. The molecular weight excluding hydrogens is 298 g/mol. The summed E-state index contributed by atoms with van der Waals surface area (Å²) in [7, 11) is 3.18. The maximum atomic E-state index is 12.1. The largest absolute Gasteiger partial charge is 0.497 e. The Morgan fingerprint density at radius 1 is 1.35 bits per heavy atom. The average molecular weight is 321 g/mol. The summed E-state index contributed by atoms with van der Waals surface area (Å²) in [5.74, 6) is 0.729. The first kappa shape index (κ1) is 17.1. The molecule has 1 fully saturated rings. The molecule has 7 nitrogen and oxygen atoms in total. The molecule has 0 spiro atoms. The molecule has 1 aliphatic heterocycles. The minimum absolute atomic E-state index is 0.00888. The standard InChI is InChI=1S/C16H23N3O4/c1-11(10-22-2)17-16(21)18-12-8-15(20)19(9-12)13-4-6-14(23-3)7-5-13/h4-7,11-12H,8-10H2,1-3H3,(H2,17,18,21)/t11-,12-/m0/s1. The number of nitrogens with zero attached hydrogens (tertiary/aromatic N) is 1. The Morgan fingerprint density at radius 2 is 2.04 bits per heavy atom. The van der Waals surface area contributed by atoms with E-state index in [1.165, 1.54) is 0 Å². The minimum Gasteiger partial charge on any atom is -0.497 e. The first-order valence-corrected chi connectivity index (χ1v) is 7.54. The smallest absolute Gasteiger partial charge is 0.315 e. The van der Waals surface area contributed by atoms with E-state index in [0.29, 0.717) is 13.2 Å². The predicted molar refractivity (Wildman–Crippen MR) is 86.8 cm³/mol. The summed E-state index contributed by atoms with van der Waals surface area (Å²) >= 11 is 0. The monoisotopic (exact) mass is 321 g/mol. The lowest BCUT2D eigenvalue weighted by molar-refractivity contribution is -0.117. The highest BCUT2D eigenvalue weighted by Gasteiger charge is 2.31. The van der Waals surface area contributed by atoms with E-state index in [2.05, 4.69) is 10.6 Å². The van der Waals surface area contributed by atoms with E-state index in [-0.39, 0.29) is 30.4 Å². The number of hydrogen-bond acceptors (Lipinski definition) is 4. The second-order valence-corrected chi connectivity index (χ2v) is 5.58. The maximum absolute atomic E-state index is 12.1. The van der Waals surface area contributed by atoms with E-state index in [0.717, 1.165) is 11.4 Å². The van der Waals surface area contributed by atoms with Crippen LogP contribution >= 0.6 is 0 Å². The van der Waals surface area contributed by atoms with Crippen LogP contribution in [-0.2, 0) is 9.53 Å². The SMILES string of the molecule is COC[C@H](C)NC(=O)N[C@H]1CC(=O)N(c2ccc(OC)cc2)C1. The third kappa shape index (κ3) is 4.59. The third-order valence-electron chi connectivity index (χ3n) is 3.64. The fourth-order valence-corrected chi connectivity index (χ4v) is 2.56. The van der Waals surface area contributed by atoms with Gasteiger partial charge in [0.25, 0.3) is 0 Å². The molecule has 1 heterocycles. The summed E-state index contributed by atoms with van der Waals surface area (Å²) in [6, 6.07) is 6.70. The molecule has 0 unspecified atom stereocenters. The van der Waals surface area contributed by atoms with Crippen molar-refractivity contribution in [2.45, 2.75) is 25.4 Å². The molecule has 2 N–H and O–H groups in total. The molecule has 2 atom stereocenters. The van der Waals surface area contributed by atoms with Crippen LogP contribution in [0.25, 0.3) is 0 Å². The zero-order chi connectivity index (χ0) is 16.8. The molecule has 0 radical (unpaired) electrons. The van der Waals surface area contributed by atoms with Gasteiger partial charge >= 0.3 is 6.03 Å². The first-order chi connectivity index (χ1) is 11.0. The van der Waals surface area contributed by atoms with E-state index >= 15 is 0 Å². The molecule has 3 amide bonds. The Kier molecular flexibility index (Phi) is 5.81. The summed E-state index contributed by atoms with van der Waals surface area (Å²) in [6.07, 6.45) is 0.290.